The van der Waals surface area contributed by atoms with Crippen LogP contribution in [0.15, 0.2) is 0 Å². The Morgan fingerprint density at radius 3 is 2.53 bits per heavy atom. The van der Waals surface area contributed by atoms with Crippen molar-refractivity contribution in [3.05, 3.63) is 0 Å². The Balaban J connectivity index is 0.000000141. The van der Waals surface area contributed by atoms with Crippen molar-refractivity contribution < 1.29 is 24.5 Å². The number of rotatable bonds is 2. The molecular formula is C14H22O5. The average Bonchev–Trinajstić information content (AvgIpc) is 3.08. The highest BCUT2D eigenvalue weighted by molar-refractivity contribution is 5.75. The van der Waals surface area contributed by atoms with E-state index in [9.17, 15) is 9.59 Å². The van der Waals surface area contributed by atoms with Gasteiger partial charge in [-0.1, -0.05) is 12.8 Å². The van der Waals surface area contributed by atoms with Gasteiger partial charge in [-0.2, -0.15) is 0 Å². The minimum absolute atomic E-state index is 0.0116. The van der Waals surface area contributed by atoms with Crippen LogP contribution in [0.4, 0.5) is 0 Å². The van der Waals surface area contributed by atoms with E-state index in [2.05, 4.69) is 0 Å². The van der Waals surface area contributed by atoms with E-state index in [4.69, 9.17) is 14.9 Å². The number of cyclic esters (lactones) is 1. The second kappa shape index (κ2) is 6.37. The van der Waals surface area contributed by atoms with E-state index < -0.39 is 5.97 Å². The summed E-state index contributed by atoms with van der Waals surface area (Å²) >= 11 is 0. The molecule has 1 aliphatic heterocycles. The lowest BCUT2D eigenvalue weighted by Gasteiger charge is -2.10. The van der Waals surface area contributed by atoms with Crippen molar-refractivity contribution in [3.63, 3.8) is 0 Å². The van der Waals surface area contributed by atoms with Gasteiger partial charge in [0.2, 0.25) is 0 Å². The van der Waals surface area contributed by atoms with Gasteiger partial charge in [0.15, 0.2) is 0 Å². The zero-order valence-corrected chi connectivity index (χ0v) is 11.1. The lowest BCUT2D eigenvalue weighted by Crippen LogP contribution is -2.20. The van der Waals surface area contributed by atoms with Gasteiger partial charge in [0.1, 0.15) is 0 Å². The predicted molar refractivity (Wildman–Crippen MR) is 67.3 cm³/mol. The fourth-order valence-electron chi connectivity index (χ4n) is 3.42. The first-order chi connectivity index (χ1) is 9.13. The van der Waals surface area contributed by atoms with Crippen molar-refractivity contribution >= 4 is 11.9 Å². The fraction of sp³-hybridized carbons (Fsp3) is 0.857. The zero-order valence-electron chi connectivity index (χ0n) is 11.1. The standard InChI is InChI=1S/C7H12O3.C7H10O2/c8-4-5-2-1-3-6(5)7(9)10;8-7-6-3-1-2-5(6)4-9-7/h5-6,8H,1-4H2,(H,9,10);5-6H,1-4H2/t2*5-,6-/m00/s1. The number of aliphatic hydroxyl groups is 1. The first-order valence-electron chi connectivity index (χ1n) is 7.13. The van der Waals surface area contributed by atoms with Gasteiger partial charge < -0.3 is 14.9 Å². The van der Waals surface area contributed by atoms with Gasteiger partial charge in [-0.25, -0.2) is 0 Å². The molecule has 2 aliphatic carbocycles. The smallest absolute Gasteiger partial charge is 0.309 e. The topological polar surface area (TPSA) is 83.8 Å². The number of hydrogen-bond acceptors (Lipinski definition) is 4. The van der Waals surface area contributed by atoms with E-state index >= 15 is 0 Å². The molecule has 0 unspecified atom stereocenters. The number of esters is 1. The normalized spacial score (nSPS) is 36.4. The predicted octanol–water partition coefficient (Wildman–Crippen LogP) is 1.44. The number of carboxylic acid groups (broad SMARTS) is 1. The number of carbonyl (C=O) groups excluding carboxylic acids is 1. The van der Waals surface area contributed by atoms with Gasteiger partial charge in [0.25, 0.3) is 0 Å². The Bertz CT molecular complexity index is 341. The third kappa shape index (κ3) is 3.26. The number of carbonyl (C=O) groups is 2. The van der Waals surface area contributed by atoms with Crippen molar-refractivity contribution in [3.8, 4) is 0 Å². The van der Waals surface area contributed by atoms with E-state index in [-0.39, 0.29) is 30.3 Å². The molecule has 0 amide bonds. The van der Waals surface area contributed by atoms with Gasteiger partial charge in [-0.05, 0) is 31.6 Å². The Morgan fingerprint density at radius 2 is 1.95 bits per heavy atom. The van der Waals surface area contributed by atoms with E-state index in [0.29, 0.717) is 12.5 Å². The summed E-state index contributed by atoms with van der Waals surface area (Å²) in [7, 11) is 0. The Kier molecular flexibility index (Phi) is 4.80. The Hall–Kier alpha value is -1.10. The van der Waals surface area contributed by atoms with E-state index in [1.807, 2.05) is 0 Å². The summed E-state index contributed by atoms with van der Waals surface area (Å²) in [5.74, 6) is -0.112. The first kappa shape index (κ1) is 14.3. The molecule has 0 spiro atoms. The summed E-state index contributed by atoms with van der Waals surface area (Å²) in [5, 5.41) is 17.3. The lowest BCUT2D eigenvalue weighted by atomic mass is 9.97. The highest BCUT2D eigenvalue weighted by atomic mass is 16.5. The van der Waals surface area contributed by atoms with E-state index in [1.54, 1.807) is 0 Å². The Morgan fingerprint density at radius 1 is 1.21 bits per heavy atom. The van der Waals surface area contributed by atoms with Gasteiger partial charge in [-0.3, -0.25) is 9.59 Å². The van der Waals surface area contributed by atoms with Crippen LogP contribution in [0.3, 0.4) is 0 Å². The maximum atomic E-state index is 10.8. The highest BCUT2D eigenvalue weighted by Crippen LogP contribution is 2.36. The van der Waals surface area contributed by atoms with Crippen molar-refractivity contribution in [1.82, 2.24) is 0 Å². The molecule has 0 bridgehead atoms. The summed E-state index contributed by atoms with van der Waals surface area (Å²) in [6.07, 6.45) is 6.06. The molecular weight excluding hydrogens is 248 g/mol. The van der Waals surface area contributed by atoms with Crippen molar-refractivity contribution in [1.29, 1.82) is 0 Å². The minimum atomic E-state index is -0.753. The third-order valence-corrected chi connectivity index (χ3v) is 4.61. The van der Waals surface area contributed by atoms with Crippen LogP contribution < -0.4 is 0 Å². The average molecular weight is 270 g/mol. The molecule has 1 heterocycles. The second-order valence-electron chi connectivity index (χ2n) is 5.75. The van der Waals surface area contributed by atoms with Gasteiger partial charge in [0, 0.05) is 12.5 Å². The van der Waals surface area contributed by atoms with Crippen LogP contribution in [0, 0.1) is 23.7 Å². The molecule has 5 heteroatoms. The summed E-state index contributed by atoms with van der Waals surface area (Å²) in [6.45, 7) is 0.723. The maximum Gasteiger partial charge on any atom is 0.309 e. The van der Waals surface area contributed by atoms with Crippen LogP contribution in [0.5, 0.6) is 0 Å². The lowest BCUT2D eigenvalue weighted by molar-refractivity contribution is -0.143. The molecule has 0 aromatic heterocycles. The van der Waals surface area contributed by atoms with E-state index in [0.717, 1.165) is 25.7 Å². The maximum absolute atomic E-state index is 10.8. The van der Waals surface area contributed by atoms with Crippen molar-refractivity contribution in [2.45, 2.75) is 38.5 Å². The van der Waals surface area contributed by atoms with Crippen LogP contribution in [0.1, 0.15) is 38.5 Å². The van der Waals surface area contributed by atoms with Crippen molar-refractivity contribution in [2.24, 2.45) is 23.7 Å². The summed E-state index contributed by atoms with van der Waals surface area (Å²) in [4.78, 5) is 21.3. The number of aliphatic carboxylic acids is 1. The van der Waals surface area contributed by atoms with Gasteiger partial charge >= 0.3 is 11.9 Å². The number of carboxylic acids is 1. The molecule has 0 aromatic rings. The molecule has 3 aliphatic rings. The molecule has 5 nitrogen and oxygen atoms in total. The number of fused-ring (bicyclic) bond motifs is 1. The molecule has 19 heavy (non-hydrogen) atoms. The SMILES string of the molecule is O=C(O)[C@H]1CCC[C@H]1CO.O=C1OC[C@@H]2CCC[C@H]12. The van der Waals surface area contributed by atoms with Gasteiger partial charge in [0.05, 0.1) is 18.4 Å². The number of aliphatic hydroxyl groups excluding tert-OH is 1. The molecule has 108 valence electrons. The molecule has 0 aromatic carbocycles. The number of ether oxygens (including phenoxy) is 1. The monoisotopic (exact) mass is 270 g/mol. The quantitative estimate of drug-likeness (QED) is 0.742. The van der Waals surface area contributed by atoms with E-state index in [1.165, 1.54) is 12.8 Å². The fourth-order valence-corrected chi connectivity index (χ4v) is 3.42. The molecule has 0 radical (unpaired) electrons. The highest BCUT2D eigenvalue weighted by Gasteiger charge is 2.39. The first-order valence-corrected chi connectivity index (χ1v) is 7.13. The summed E-state index contributed by atoms with van der Waals surface area (Å²) in [5.41, 5.74) is 0. The summed E-state index contributed by atoms with van der Waals surface area (Å²) < 4.78 is 4.88. The molecule has 3 fully saturated rings. The van der Waals surface area contributed by atoms with Gasteiger partial charge in [-0.15, -0.1) is 0 Å². The summed E-state index contributed by atoms with van der Waals surface area (Å²) in [6, 6.07) is 0. The third-order valence-electron chi connectivity index (χ3n) is 4.61. The van der Waals surface area contributed by atoms with Crippen LogP contribution in [-0.2, 0) is 14.3 Å². The van der Waals surface area contributed by atoms with Crippen molar-refractivity contribution in [2.75, 3.05) is 13.2 Å². The van der Waals surface area contributed by atoms with Crippen LogP contribution in [0.2, 0.25) is 0 Å². The molecule has 3 rings (SSSR count). The molecule has 2 N–H and O–H groups in total. The second-order valence-corrected chi connectivity index (χ2v) is 5.75. The Labute approximate surface area is 112 Å². The number of hydrogen-bond donors (Lipinski definition) is 2. The van der Waals surface area contributed by atoms with Crippen LogP contribution in [0.25, 0.3) is 0 Å². The molecule has 1 saturated heterocycles. The van der Waals surface area contributed by atoms with Crippen LogP contribution >= 0.6 is 0 Å². The molecule has 4 atom stereocenters. The molecule has 2 saturated carbocycles. The zero-order chi connectivity index (χ0) is 13.8. The van der Waals surface area contributed by atoms with Crippen LogP contribution in [-0.4, -0.2) is 35.4 Å². The largest absolute Gasteiger partial charge is 0.481 e. The minimum Gasteiger partial charge on any atom is -0.481 e.